The molecule has 8 heteroatoms. The van der Waals surface area contributed by atoms with Crippen LogP contribution in [-0.4, -0.2) is 53.1 Å². The molecule has 1 N–H and O–H groups in total. The number of carbonyl (C=O) groups excluding carboxylic acids is 2. The molecule has 0 saturated carbocycles. The van der Waals surface area contributed by atoms with Crippen LogP contribution in [0.3, 0.4) is 0 Å². The van der Waals surface area contributed by atoms with Gasteiger partial charge in [-0.15, -0.1) is 0 Å². The van der Waals surface area contributed by atoms with Crippen LogP contribution < -0.4 is 5.32 Å². The van der Waals surface area contributed by atoms with E-state index in [0.29, 0.717) is 18.0 Å². The molecule has 0 saturated heterocycles. The zero-order valence-electron chi connectivity index (χ0n) is 19.9. The van der Waals surface area contributed by atoms with Gasteiger partial charge in [-0.2, -0.15) is 0 Å². The van der Waals surface area contributed by atoms with Crippen LogP contribution in [0.2, 0.25) is 0 Å². The van der Waals surface area contributed by atoms with E-state index < -0.39 is 5.91 Å². The summed E-state index contributed by atoms with van der Waals surface area (Å²) < 4.78 is 20.3. The maximum absolute atomic E-state index is 13.5. The molecule has 184 valence electrons. The Kier molecular flexibility index (Phi) is 8.20. The third-order valence-electron chi connectivity index (χ3n) is 5.58. The number of hydrogen-bond donors (Lipinski definition) is 1. The Morgan fingerprint density at radius 2 is 1.64 bits per heavy atom. The Morgan fingerprint density at radius 3 is 2.31 bits per heavy atom. The number of ether oxygens (including phenoxy) is 1. The fourth-order valence-electron chi connectivity index (χ4n) is 3.73. The van der Waals surface area contributed by atoms with E-state index >= 15 is 0 Å². The largest absolute Gasteiger partial charge is 0.383 e. The molecule has 0 aliphatic carbocycles. The zero-order valence-corrected chi connectivity index (χ0v) is 19.9. The molecule has 0 fully saturated rings. The Morgan fingerprint density at radius 1 is 0.972 bits per heavy atom. The van der Waals surface area contributed by atoms with Crippen LogP contribution in [0.25, 0.3) is 16.9 Å². The molecule has 36 heavy (non-hydrogen) atoms. The zero-order chi connectivity index (χ0) is 25.3. The van der Waals surface area contributed by atoms with Crippen molar-refractivity contribution < 1.29 is 18.7 Å². The number of benzene rings is 3. The third-order valence-corrected chi connectivity index (χ3v) is 5.58. The SMILES string of the molecule is COCCN(CC(=O)Nc1nc(-c2ccccc2)cn1-c1ccc(F)cc1)C(=O)Cc1ccccc1. The maximum atomic E-state index is 13.5. The van der Waals surface area contributed by atoms with E-state index in [0.717, 1.165) is 11.1 Å². The topological polar surface area (TPSA) is 76.5 Å². The van der Waals surface area contributed by atoms with Crippen LogP contribution in [0.1, 0.15) is 5.56 Å². The molecule has 7 nitrogen and oxygen atoms in total. The van der Waals surface area contributed by atoms with E-state index in [1.807, 2.05) is 60.7 Å². The number of rotatable bonds is 10. The van der Waals surface area contributed by atoms with Crippen molar-refractivity contribution in [2.45, 2.75) is 6.42 Å². The molecule has 0 unspecified atom stereocenters. The van der Waals surface area contributed by atoms with Crippen LogP contribution in [-0.2, 0) is 20.7 Å². The van der Waals surface area contributed by atoms with Gasteiger partial charge in [0, 0.05) is 31.1 Å². The Labute approximate surface area is 209 Å². The molecular formula is C28H27FN4O3. The van der Waals surface area contributed by atoms with Crippen molar-refractivity contribution in [3.05, 3.63) is 103 Å². The Bertz CT molecular complexity index is 1290. The first-order valence-electron chi connectivity index (χ1n) is 11.5. The van der Waals surface area contributed by atoms with Gasteiger partial charge in [0.25, 0.3) is 0 Å². The molecule has 0 radical (unpaired) electrons. The van der Waals surface area contributed by atoms with Gasteiger partial charge >= 0.3 is 0 Å². The molecule has 4 rings (SSSR count). The lowest BCUT2D eigenvalue weighted by Gasteiger charge is -2.22. The second kappa shape index (κ2) is 11.9. The lowest BCUT2D eigenvalue weighted by atomic mass is 10.1. The van der Waals surface area contributed by atoms with E-state index in [1.54, 1.807) is 30.0 Å². The van der Waals surface area contributed by atoms with Crippen molar-refractivity contribution in [2.75, 3.05) is 32.1 Å². The number of halogens is 1. The van der Waals surface area contributed by atoms with Crippen molar-refractivity contribution >= 4 is 17.8 Å². The standard InChI is InChI=1S/C28H27FN4O3/c1-36-17-16-32(27(35)18-21-8-4-2-5-9-21)20-26(34)31-28-30-25(22-10-6-3-7-11-22)19-33(28)24-14-12-23(29)13-15-24/h2-15,19H,16-18,20H2,1H3,(H,30,31,34). The molecule has 4 aromatic rings. The van der Waals surface area contributed by atoms with Gasteiger partial charge in [-0.1, -0.05) is 60.7 Å². The summed E-state index contributed by atoms with van der Waals surface area (Å²) in [6.45, 7) is 0.416. The number of aromatic nitrogens is 2. The first kappa shape index (κ1) is 24.8. The summed E-state index contributed by atoms with van der Waals surface area (Å²) in [5.41, 5.74) is 3.02. The van der Waals surface area contributed by atoms with Gasteiger partial charge in [0.15, 0.2) is 0 Å². The normalized spacial score (nSPS) is 10.7. The van der Waals surface area contributed by atoms with E-state index in [-0.39, 0.29) is 37.2 Å². The highest BCUT2D eigenvalue weighted by Gasteiger charge is 2.20. The van der Waals surface area contributed by atoms with Crippen LogP contribution in [0.5, 0.6) is 0 Å². The number of amides is 2. The fourth-order valence-corrected chi connectivity index (χ4v) is 3.73. The Balaban J connectivity index is 1.55. The van der Waals surface area contributed by atoms with Gasteiger partial charge in [-0.3, -0.25) is 19.5 Å². The van der Waals surface area contributed by atoms with E-state index in [4.69, 9.17) is 4.74 Å². The molecule has 1 heterocycles. The lowest BCUT2D eigenvalue weighted by Crippen LogP contribution is -2.41. The van der Waals surface area contributed by atoms with Crippen LogP contribution in [0.4, 0.5) is 10.3 Å². The minimum Gasteiger partial charge on any atom is -0.383 e. The highest BCUT2D eigenvalue weighted by molar-refractivity contribution is 5.94. The number of anilines is 1. The summed E-state index contributed by atoms with van der Waals surface area (Å²) in [5.74, 6) is -0.674. The van der Waals surface area contributed by atoms with Gasteiger partial charge < -0.3 is 9.64 Å². The van der Waals surface area contributed by atoms with Gasteiger partial charge in [0.1, 0.15) is 12.4 Å². The molecule has 2 amide bonds. The number of methoxy groups -OCH3 is 1. The molecule has 1 aromatic heterocycles. The van der Waals surface area contributed by atoms with Gasteiger partial charge in [0.05, 0.1) is 18.7 Å². The first-order chi connectivity index (χ1) is 17.5. The smallest absolute Gasteiger partial charge is 0.246 e. The highest BCUT2D eigenvalue weighted by Crippen LogP contribution is 2.24. The third kappa shape index (κ3) is 6.43. The number of carbonyl (C=O) groups is 2. The molecule has 0 atom stereocenters. The van der Waals surface area contributed by atoms with Crippen molar-refractivity contribution in [1.82, 2.24) is 14.5 Å². The minimum atomic E-state index is -0.402. The van der Waals surface area contributed by atoms with Crippen molar-refractivity contribution in [3.63, 3.8) is 0 Å². The lowest BCUT2D eigenvalue weighted by molar-refractivity contribution is -0.134. The summed E-state index contributed by atoms with van der Waals surface area (Å²) in [4.78, 5) is 32.1. The minimum absolute atomic E-state index is 0.161. The van der Waals surface area contributed by atoms with E-state index in [1.165, 1.54) is 17.0 Å². The second-order valence-electron chi connectivity index (χ2n) is 8.18. The number of imidazole rings is 1. The van der Waals surface area contributed by atoms with Crippen molar-refractivity contribution in [1.29, 1.82) is 0 Å². The van der Waals surface area contributed by atoms with Crippen LogP contribution in [0.15, 0.2) is 91.1 Å². The number of nitrogens with zero attached hydrogens (tertiary/aromatic N) is 3. The molecule has 0 bridgehead atoms. The maximum Gasteiger partial charge on any atom is 0.246 e. The average molecular weight is 487 g/mol. The van der Waals surface area contributed by atoms with Crippen molar-refractivity contribution in [2.24, 2.45) is 0 Å². The van der Waals surface area contributed by atoms with Crippen molar-refractivity contribution in [3.8, 4) is 16.9 Å². The summed E-state index contributed by atoms with van der Waals surface area (Å²) in [7, 11) is 1.55. The fraction of sp³-hybridized carbons (Fsp3) is 0.179. The molecule has 3 aromatic carbocycles. The predicted octanol–water partition coefficient (Wildman–Crippen LogP) is 4.33. The molecule has 0 spiro atoms. The van der Waals surface area contributed by atoms with Gasteiger partial charge in [-0.25, -0.2) is 9.37 Å². The highest BCUT2D eigenvalue weighted by atomic mass is 19.1. The van der Waals surface area contributed by atoms with E-state index in [9.17, 15) is 14.0 Å². The summed E-state index contributed by atoms with van der Waals surface area (Å²) >= 11 is 0. The summed E-state index contributed by atoms with van der Waals surface area (Å²) in [6, 6.07) is 24.8. The molecule has 0 aliphatic rings. The predicted molar refractivity (Wildman–Crippen MR) is 136 cm³/mol. The summed E-state index contributed by atoms with van der Waals surface area (Å²) in [5, 5.41) is 2.82. The summed E-state index contributed by atoms with van der Waals surface area (Å²) in [6.07, 6.45) is 1.96. The van der Waals surface area contributed by atoms with Gasteiger partial charge in [-0.05, 0) is 29.8 Å². The second-order valence-corrected chi connectivity index (χ2v) is 8.18. The number of nitrogens with one attached hydrogen (secondary N) is 1. The first-order valence-corrected chi connectivity index (χ1v) is 11.5. The van der Waals surface area contributed by atoms with Gasteiger partial charge in [0.2, 0.25) is 17.8 Å². The quantitative estimate of drug-likeness (QED) is 0.362. The Hall–Kier alpha value is -4.30. The average Bonchev–Trinajstić information content (AvgIpc) is 3.31. The van der Waals surface area contributed by atoms with Crippen LogP contribution in [0, 0.1) is 5.82 Å². The monoisotopic (exact) mass is 486 g/mol. The van der Waals surface area contributed by atoms with Crippen LogP contribution >= 0.6 is 0 Å². The molecular weight excluding hydrogens is 459 g/mol. The molecule has 0 aliphatic heterocycles. The number of hydrogen-bond acceptors (Lipinski definition) is 4. The van der Waals surface area contributed by atoms with E-state index in [2.05, 4.69) is 10.3 Å².